The van der Waals surface area contributed by atoms with E-state index in [0.717, 1.165) is 51.7 Å². The van der Waals surface area contributed by atoms with E-state index in [1.807, 2.05) is 30.3 Å². The number of benzene rings is 1. The number of esters is 1. The summed E-state index contributed by atoms with van der Waals surface area (Å²) < 4.78 is 5.54. The third-order valence-electron chi connectivity index (χ3n) is 5.47. The van der Waals surface area contributed by atoms with Crippen molar-refractivity contribution < 1.29 is 14.6 Å². The number of hydrogen-bond donors (Lipinski definition) is 1. The second kappa shape index (κ2) is 9.93. The maximum absolute atomic E-state index is 12.9. The fourth-order valence-corrected chi connectivity index (χ4v) is 3.84. The van der Waals surface area contributed by atoms with Crippen molar-refractivity contribution in [2.45, 2.75) is 58.0 Å². The van der Waals surface area contributed by atoms with Gasteiger partial charge in [-0.3, -0.25) is 0 Å². The van der Waals surface area contributed by atoms with Gasteiger partial charge in [-0.15, -0.1) is 0 Å². The molecule has 0 aliphatic heterocycles. The standard InChI is InChI=1S/C21H33NO3/c1-3-22(4-2)16-11-17-25-20(23)21(24,18-12-7-5-8-13-18)19-14-9-6-10-15-19/h5,7-8,12-13,19,24H,3-4,6,9-11,14-17H2,1-2H3/t21-/m1/s1. The molecule has 0 unspecified atom stereocenters. The molecule has 1 aliphatic rings. The normalized spacial score (nSPS) is 18.1. The minimum atomic E-state index is -1.52. The van der Waals surface area contributed by atoms with Crippen molar-refractivity contribution in [3.05, 3.63) is 35.9 Å². The predicted molar refractivity (Wildman–Crippen MR) is 100 cm³/mol. The molecule has 1 atom stereocenters. The van der Waals surface area contributed by atoms with Gasteiger partial charge >= 0.3 is 5.97 Å². The van der Waals surface area contributed by atoms with Crippen molar-refractivity contribution >= 4 is 5.97 Å². The average molecular weight is 347 g/mol. The van der Waals surface area contributed by atoms with Gasteiger partial charge in [0.05, 0.1) is 6.61 Å². The second-order valence-electron chi connectivity index (χ2n) is 6.98. The fraction of sp³-hybridized carbons (Fsp3) is 0.667. The topological polar surface area (TPSA) is 49.8 Å². The lowest BCUT2D eigenvalue weighted by Gasteiger charge is -2.36. The minimum absolute atomic E-state index is 0.0565. The van der Waals surface area contributed by atoms with Crippen LogP contribution in [0.1, 0.15) is 57.9 Å². The molecule has 140 valence electrons. The van der Waals surface area contributed by atoms with Gasteiger partial charge in [-0.05, 0) is 37.9 Å². The third-order valence-corrected chi connectivity index (χ3v) is 5.47. The zero-order valence-electron chi connectivity index (χ0n) is 15.7. The minimum Gasteiger partial charge on any atom is -0.463 e. The summed E-state index contributed by atoms with van der Waals surface area (Å²) in [5, 5.41) is 11.4. The average Bonchev–Trinajstić information content (AvgIpc) is 2.68. The number of carbonyl (C=O) groups is 1. The Morgan fingerprint density at radius 1 is 1.16 bits per heavy atom. The molecule has 0 saturated heterocycles. The lowest BCUT2D eigenvalue weighted by Crippen LogP contribution is -2.45. The lowest BCUT2D eigenvalue weighted by molar-refractivity contribution is -0.175. The van der Waals surface area contributed by atoms with Gasteiger partial charge in [-0.25, -0.2) is 4.79 Å². The van der Waals surface area contributed by atoms with Crippen molar-refractivity contribution in [3.63, 3.8) is 0 Å². The van der Waals surface area contributed by atoms with Gasteiger partial charge in [0.15, 0.2) is 5.60 Å². The van der Waals surface area contributed by atoms with Crippen LogP contribution in [0.15, 0.2) is 30.3 Å². The maximum atomic E-state index is 12.9. The number of ether oxygens (including phenoxy) is 1. The zero-order valence-corrected chi connectivity index (χ0v) is 15.7. The predicted octanol–water partition coefficient (Wildman–Crippen LogP) is 3.73. The highest BCUT2D eigenvalue weighted by atomic mass is 16.5. The summed E-state index contributed by atoms with van der Waals surface area (Å²) in [6.07, 6.45) is 5.85. The first-order valence-electron chi connectivity index (χ1n) is 9.80. The quantitative estimate of drug-likeness (QED) is 0.546. The molecular formula is C21H33NO3. The molecule has 0 radical (unpaired) electrons. The van der Waals surface area contributed by atoms with Crippen LogP contribution in [0.5, 0.6) is 0 Å². The van der Waals surface area contributed by atoms with Gasteiger partial charge in [-0.2, -0.15) is 0 Å². The van der Waals surface area contributed by atoms with Crippen LogP contribution in [0, 0.1) is 5.92 Å². The highest BCUT2D eigenvalue weighted by Crippen LogP contribution is 2.40. The Bertz CT molecular complexity index is 509. The van der Waals surface area contributed by atoms with E-state index >= 15 is 0 Å². The number of aliphatic hydroxyl groups is 1. The van der Waals surface area contributed by atoms with Crippen LogP contribution in [0.3, 0.4) is 0 Å². The summed E-state index contributed by atoms with van der Waals surface area (Å²) >= 11 is 0. The molecule has 4 heteroatoms. The highest BCUT2D eigenvalue weighted by Gasteiger charge is 2.46. The highest BCUT2D eigenvalue weighted by molar-refractivity contribution is 5.81. The van der Waals surface area contributed by atoms with Crippen molar-refractivity contribution in [2.75, 3.05) is 26.2 Å². The van der Waals surface area contributed by atoms with Gasteiger partial charge in [0.2, 0.25) is 0 Å². The van der Waals surface area contributed by atoms with Gasteiger partial charge in [0.1, 0.15) is 0 Å². The summed E-state index contributed by atoms with van der Waals surface area (Å²) in [6.45, 7) is 7.53. The molecular weight excluding hydrogens is 314 g/mol. The van der Waals surface area contributed by atoms with Crippen LogP contribution < -0.4 is 0 Å². The van der Waals surface area contributed by atoms with Crippen LogP contribution in [0.4, 0.5) is 0 Å². The Morgan fingerprint density at radius 3 is 2.40 bits per heavy atom. The van der Waals surface area contributed by atoms with Crippen molar-refractivity contribution in [1.82, 2.24) is 4.90 Å². The molecule has 1 saturated carbocycles. The Balaban J connectivity index is 2.03. The number of hydrogen-bond acceptors (Lipinski definition) is 4. The van der Waals surface area contributed by atoms with Crippen LogP contribution in [0.25, 0.3) is 0 Å². The molecule has 0 heterocycles. The Labute approximate surface area is 152 Å². The second-order valence-corrected chi connectivity index (χ2v) is 6.98. The lowest BCUT2D eigenvalue weighted by atomic mass is 9.73. The first-order chi connectivity index (χ1) is 12.1. The molecule has 0 amide bonds. The van der Waals surface area contributed by atoms with E-state index in [1.54, 1.807) is 0 Å². The fourth-order valence-electron chi connectivity index (χ4n) is 3.84. The monoisotopic (exact) mass is 347 g/mol. The summed E-state index contributed by atoms with van der Waals surface area (Å²) in [6, 6.07) is 9.32. The summed E-state index contributed by atoms with van der Waals surface area (Å²) in [7, 11) is 0. The molecule has 1 aliphatic carbocycles. The summed E-state index contributed by atoms with van der Waals surface area (Å²) in [4.78, 5) is 15.2. The number of carbonyl (C=O) groups excluding carboxylic acids is 1. The summed E-state index contributed by atoms with van der Waals surface area (Å²) in [5.74, 6) is -0.538. The van der Waals surface area contributed by atoms with Crippen molar-refractivity contribution in [1.29, 1.82) is 0 Å². The van der Waals surface area contributed by atoms with Gasteiger partial charge < -0.3 is 14.7 Å². The molecule has 0 spiro atoms. The van der Waals surface area contributed by atoms with Gasteiger partial charge in [0, 0.05) is 12.5 Å². The first kappa shape index (κ1) is 19.9. The molecule has 1 N–H and O–H groups in total. The molecule has 1 fully saturated rings. The number of rotatable bonds is 9. The van der Waals surface area contributed by atoms with Crippen molar-refractivity contribution in [2.24, 2.45) is 5.92 Å². The number of nitrogens with zero attached hydrogens (tertiary/aromatic N) is 1. The Kier molecular flexibility index (Phi) is 7.91. The van der Waals surface area contributed by atoms with Crippen molar-refractivity contribution in [3.8, 4) is 0 Å². The first-order valence-corrected chi connectivity index (χ1v) is 9.80. The molecule has 1 aromatic carbocycles. The summed E-state index contributed by atoms with van der Waals surface area (Å²) in [5.41, 5.74) is -0.854. The van der Waals surface area contributed by atoms with E-state index in [-0.39, 0.29) is 5.92 Å². The van der Waals surface area contributed by atoms with E-state index in [2.05, 4.69) is 18.7 Å². The molecule has 0 aromatic heterocycles. The molecule has 2 rings (SSSR count). The molecule has 25 heavy (non-hydrogen) atoms. The van der Waals surface area contributed by atoms with Crippen LogP contribution in [-0.4, -0.2) is 42.2 Å². The third kappa shape index (κ3) is 5.05. The van der Waals surface area contributed by atoms with E-state index in [0.29, 0.717) is 12.2 Å². The van der Waals surface area contributed by atoms with Gasteiger partial charge in [-0.1, -0.05) is 63.4 Å². The Hall–Kier alpha value is -1.39. The van der Waals surface area contributed by atoms with Crippen LogP contribution in [0.2, 0.25) is 0 Å². The van der Waals surface area contributed by atoms with Crippen LogP contribution >= 0.6 is 0 Å². The SMILES string of the molecule is CCN(CC)CCCOC(=O)[C@@](O)(c1ccccc1)C1CCCCC1. The van der Waals surface area contributed by atoms with E-state index in [1.165, 1.54) is 6.42 Å². The molecule has 0 bridgehead atoms. The van der Waals surface area contributed by atoms with E-state index < -0.39 is 11.6 Å². The smallest absolute Gasteiger partial charge is 0.343 e. The molecule has 4 nitrogen and oxygen atoms in total. The largest absolute Gasteiger partial charge is 0.463 e. The van der Waals surface area contributed by atoms with Gasteiger partial charge in [0.25, 0.3) is 0 Å². The molecule has 1 aromatic rings. The Morgan fingerprint density at radius 2 is 1.80 bits per heavy atom. The van der Waals surface area contributed by atoms with E-state index in [9.17, 15) is 9.90 Å². The van der Waals surface area contributed by atoms with Crippen LogP contribution in [-0.2, 0) is 15.1 Å². The zero-order chi connectivity index (χ0) is 18.1. The maximum Gasteiger partial charge on any atom is 0.343 e. The van der Waals surface area contributed by atoms with E-state index in [4.69, 9.17) is 4.74 Å².